The van der Waals surface area contributed by atoms with Crippen LogP contribution in [0.1, 0.15) is 43.2 Å². The Kier molecular flexibility index (Phi) is 5.90. The van der Waals surface area contributed by atoms with E-state index in [1.165, 1.54) is 24.8 Å². The predicted octanol–water partition coefficient (Wildman–Crippen LogP) is 3.31. The van der Waals surface area contributed by atoms with Crippen molar-refractivity contribution in [3.63, 3.8) is 0 Å². The van der Waals surface area contributed by atoms with Crippen LogP contribution < -0.4 is 15.4 Å². The Hall–Kier alpha value is -1.71. The average molecular weight is 290 g/mol. The highest BCUT2D eigenvalue weighted by Gasteiger charge is 2.15. The monoisotopic (exact) mass is 290 g/mol. The second-order valence-electron chi connectivity index (χ2n) is 5.85. The SMILES string of the molecule is Cc1ccc(C)c(OCCNC(=O)NC2CCCCC2)c1. The zero-order valence-corrected chi connectivity index (χ0v) is 13.1. The molecule has 0 aromatic heterocycles. The number of carbonyl (C=O) groups excluding carboxylic acids is 1. The van der Waals surface area contributed by atoms with E-state index in [0.717, 1.165) is 24.2 Å². The average Bonchev–Trinajstić information content (AvgIpc) is 2.48. The van der Waals surface area contributed by atoms with Crippen molar-refractivity contribution in [3.05, 3.63) is 29.3 Å². The molecular weight excluding hydrogens is 264 g/mol. The normalized spacial score (nSPS) is 15.5. The van der Waals surface area contributed by atoms with Crippen LogP contribution >= 0.6 is 0 Å². The summed E-state index contributed by atoms with van der Waals surface area (Å²) in [6, 6.07) is 6.41. The number of aryl methyl sites for hydroxylation is 2. The highest BCUT2D eigenvalue weighted by Crippen LogP contribution is 2.19. The first-order valence-corrected chi connectivity index (χ1v) is 7.89. The highest BCUT2D eigenvalue weighted by molar-refractivity contribution is 5.74. The molecule has 21 heavy (non-hydrogen) atoms. The van der Waals surface area contributed by atoms with Crippen molar-refractivity contribution >= 4 is 6.03 Å². The third-order valence-electron chi connectivity index (χ3n) is 3.93. The van der Waals surface area contributed by atoms with Gasteiger partial charge < -0.3 is 15.4 Å². The molecule has 1 aliphatic rings. The molecule has 116 valence electrons. The van der Waals surface area contributed by atoms with Gasteiger partial charge in [0.25, 0.3) is 0 Å². The Balaban J connectivity index is 1.64. The van der Waals surface area contributed by atoms with Gasteiger partial charge >= 0.3 is 6.03 Å². The molecule has 1 aromatic rings. The molecule has 0 bridgehead atoms. The molecule has 1 fully saturated rings. The summed E-state index contributed by atoms with van der Waals surface area (Å²) in [6.45, 7) is 5.08. The van der Waals surface area contributed by atoms with Crippen LogP contribution in [0.15, 0.2) is 18.2 Å². The van der Waals surface area contributed by atoms with Gasteiger partial charge in [0.2, 0.25) is 0 Å². The Bertz CT molecular complexity index is 468. The van der Waals surface area contributed by atoms with Gasteiger partial charge in [0.15, 0.2) is 0 Å². The Morgan fingerprint density at radius 2 is 2.00 bits per heavy atom. The molecule has 0 radical (unpaired) electrons. The van der Waals surface area contributed by atoms with E-state index in [4.69, 9.17) is 4.74 Å². The lowest BCUT2D eigenvalue weighted by Crippen LogP contribution is -2.44. The molecule has 2 rings (SSSR count). The standard InChI is InChI=1S/C17H26N2O2/c1-13-8-9-14(2)16(12-13)21-11-10-18-17(20)19-15-6-4-3-5-7-15/h8-9,12,15H,3-7,10-11H2,1-2H3,(H2,18,19,20). The maximum atomic E-state index is 11.8. The number of urea groups is 1. The molecule has 1 aromatic carbocycles. The van der Waals surface area contributed by atoms with Crippen LogP contribution in [0.25, 0.3) is 0 Å². The van der Waals surface area contributed by atoms with Crippen molar-refractivity contribution in [2.45, 2.75) is 52.0 Å². The smallest absolute Gasteiger partial charge is 0.315 e. The summed E-state index contributed by atoms with van der Waals surface area (Å²) in [7, 11) is 0. The molecule has 1 saturated carbocycles. The van der Waals surface area contributed by atoms with Crippen LogP contribution in [0.4, 0.5) is 4.79 Å². The molecule has 0 aliphatic heterocycles. The van der Waals surface area contributed by atoms with Crippen molar-refractivity contribution in [2.24, 2.45) is 0 Å². The molecule has 2 N–H and O–H groups in total. The van der Waals surface area contributed by atoms with E-state index in [2.05, 4.69) is 16.7 Å². The molecule has 0 atom stereocenters. The Morgan fingerprint density at radius 3 is 2.76 bits per heavy atom. The summed E-state index contributed by atoms with van der Waals surface area (Å²) in [4.78, 5) is 11.8. The molecular formula is C17H26N2O2. The summed E-state index contributed by atoms with van der Waals surface area (Å²) in [5, 5.41) is 5.89. The fourth-order valence-electron chi connectivity index (χ4n) is 2.67. The van der Waals surface area contributed by atoms with Crippen LogP contribution in [0.5, 0.6) is 5.75 Å². The summed E-state index contributed by atoms with van der Waals surface area (Å²) in [6.07, 6.45) is 5.95. The van der Waals surface area contributed by atoms with Crippen LogP contribution in [-0.2, 0) is 0 Å². The van der Waals surface area contributed by atoms with Crippen molar-refractivity contribution in [1.82, 2.24) is 10.6 Å². The summed E-state index contributed by atoms with van der Waals surface area (Å²) >= 11 is 0. The number of ether oxygens (including phenoxy) is 1. The lowest BCUT2D eigenvalue weighted by atomic mass is 9.96. The molecule has 0 saturated heterocycles. The number of hydrogen-bond donors (Lipinski definition) is 2. The minimum absolute atomic E-state index is 0.0773. The molecule has 4 nitrogen and oxygen atoms in total. The molecule has 1 aliphatic carbocycles. The first kappa shape index (κ1) is 15.7. The van der Waals surface area contributed by atoms with Gasteiger partial charge in [-0.1, -0.05) is 31.4 Å². The van der Waals surface area contributed by atoms with E-state index < -0.39 is 0 Å². The van der Waals surface area contributed by atoms with Crippen LogP contribution in [0.2, 0.25) is 0 Å². The van der Waals surface area contributed by atoms with Gasteiger partial charge in [-0.05, 0) is 43.9 Å². The van der Waals surface area contributed by atoms with Crippen molar-refractivity contribution in [1.29, 1.82) is 0 Å². The zero-order chi connectivity index (χ0) is 15.1. The van der Waals surface area contributed by atoms with Gasteiger partial charge in [0.1, 0.15) is 12.4 Å². The lowest BCUT2D eigenvalue weighted by molar-refractivity contribution is 0.228. The van der Waals surface area contributed by atoms with Gasteiger partial charge in [0, 0.05) is 6.04 Å². The number of benzene rings is 1. The zero-order valence-electron chi connectivity index (χ0n) is 13.1. The van der Waals surface area contributed by atoms with Crippen molar-refractivity contribution < 1.29 is 9.53 Å². The van der Waals surface area contributed by atoms with Gasteiger partial charge in [0.05, 0.1) is 6.54 Å². The summed E-state index contributed by atoms with van der Waals surface area (Å²) in [5.41, 5.74) is 2.30. The van der Waals surface area contributed by atoms with Crippen LogP contribution in [0, 0.1) is 13.8 Å². The Labute approximate surface area is 127 Å². The molecule has 2 amide bonds. The number of hydrogen-bond acceptors (Lipinski definition) is 2. The highest BCUT2D eigenvalue weighted by atomic mass is 16.5. The molecule has 0 unspecified atom stereocenters. The third-order valence-corrected chi connectivity index (χ3v) is 3.93. The van der Waals surface area contributed by atoms with Crippen LogP contribution in [-0.4, -0.2) is 25.2 Å². The predicted molar refractivity (Wildman–Crippen MR) is 84.8 cm³/mol. The van der Waals surface area contributed by atoms with Gasteiger partial charge in [-0.25, -0.2) is 4.79 Å². The summed E-state index contributed by atoms with van der Waals surface area (Å²) in [5.74, 6) is 0.893. The minimum Gasteiger partial charge on any atom is -0.491 e. The number of rotatable bonds is 5. The van der Waals surface area contributed by atoms with E-state index in [-0.39, 0.29) is 6.03 Å². The first-order chi connectivity index (χ1) is 10.1. The fourth-order valence-corrected chi connectivity index (χ4v) is 2.67. The summed E-state index contributed by atoms with van der Waals surface area (Å²) < 4.78 is 5.72. The van der Waals surface area contributed by atoms with E-state index in [1.807, 2.05) is 26.0 Å². The molecule has 4 heteroatoms. The fraction of sp³-hybridized carbons (Fsp3) is 0.588. The third kappa shape index (κ3) is 5.29. The van der Waals surface area contributed by atoms with E-state index in [9.17, 15) is 4.79 Å². The van der Waals surface area contributed by atoms with E-state index >= 15 is 0 Å². The van der Waals surface area contributed by atoms with Crippen molar-refractivity contribution in [2.75, 3.05) is 13.2 Å². The minimum atomic E-state index is -0.0773. The Morgan fingerprint density at radius 1 is 1.24 bits per heavy atom. The number of carbonyl (C=O) groups is 1. The lowest BCUT2D eigenvalue weighted by Gasteiger charge is -2.22. The van der Waals surface area contributed by atoms with Gasteiger partial charge in [-0.2, -0.15) is 0 Å². The first-order valence-electron chi connectivity index (χ1n) is 7.89. The second-order valence-corrected chi connectivity index (χ2v) is 5.85. The van der Waals surface area contributed by atoms with Gasteiger partial charge in [-0.15, -0.1) is 0 Å². The van der Waals surface area contributed by atoms with Gasteiger partial charge in [-0.3, -0.25) is 0 Å². The molecule has 0 spiro atoms. The maximum Gasteiger partial charge on any atom is 0.315 e. The number of nitrogens with one attached hydrogen (secondary N) is 2. The quantitative estimate of drug-likeness (QED) is 0.817. The van der Waals surface area contributed by atoms with Crippen molar-refractivity contribution in [3.8, 4) is 5.75 Å². The topological polar surface area (TPSA) is 50.4 Å². The van der Waals surface area contributed by atoms with E-state index in [0.29, 0.717) is 19.2 Å². The largest absolute Gasteiger partial charge is 0.491 e. The second kappa shape index (κ2) is 7.91. The molecule has 0 heterocycles. The number of amides is 2. The maximum absolute atomic E-state index is 11.8. The van der Waals surface area contributed by atoms with E-state index in [1.54, 1.807) is 0 Å². The van der Waals surface area contributed by atoms with Crippen LogP contribution in [0.3, 0.4) is 0 Å².